The molecule has 19 heavy (non-hydrogen) atoms. The zero-order valence-corrected chi connectivity index (χ0v) is 12.7. The Labute approximate surface area is 121 Å². The number of halogens is 1. The molecule has 0 radical (unpaired) electrons. The summed E-state index contributed by atoms with van der Waals surface area (Å²) < 4.78 is 10.3. The molecule has 0 atom stereocenters. The number of esters is 1. The highest BCUT2D eigenvalue weighted by Crippen LogP contribution is 2.16. The minimum atomic E-state index is -0.324. The quantitative estimate of drug-likeness (QED) is 0.721. The maximum atomic E-state index is 12.2. The summed E-state index contributed by atoms with van der Waals surface area (Å²) in [5.74, 6) is -0.258. The van der Waals surface area contributed by atoms with Crippen molar-refractivity contribution in [1.82, 2.24) is 4.90 Å². The van der Waals surface area contributed by atoms with Gasteiger partial charge in [0.05, 0.1) is 13.5 Å². The van der Waals surface area contributed by atoms with Crippen LogP contribution in [0.5, 0.6) is 0 Å². The fraction of sp³-hybridized carbons (Fsp3) is 0.538. The molecule has 5 nitrogen and oxygen atoms in total. The maximum absolute atomic E-state index is 12.2. The summed E-state index contributed by atoms with van der Waals surface area (Å²) in [5.41, 5.74) is 0. The molecule has 6 heteroatoms. The van der Waals surface area contributed by atoms with Gasteiger partial charge >= 0.3 is 5.97 Å². The van der Waals surface area contributed by atoms with Gasteiger partial charge in [0.25, 0.3) is 5.91 Å². The van der Waals surface area contributed by atoms with Crippen LogP contribution in [0.3, 0.4) is 0 Å². The van der Waals surface area contributed by atoms with E-state index in [0.29, 0.717) is 17.8 Å². The van der Waals surface area contributed by atoms with Gasteiger partial charge in [-0.05, 0) is 34.5 Å². The van der Waals surface area contributed by atoms with Crippen LogP contribution in [0.15, 0.2) is 21.2 Å². The molecule has 1 aromatic heterocycles. The Morgan fingerprint density at radius 1 is 1.37 bits per heavy atom. The molecule has 0 aromatic carbocycles. The van der Waals surface area contributed by atoms with Crippen LogP contribution in [0.4, 0.5) is 0 Å². The van der Waals surface area contributed by atoms with Crippen molar-refractivity contribution in [1.29, 1.82) is 0 Å². The molecular weight excluding hydrogens is 314 g/mol. The lowest BCUT2D eigenvalue weighted by molar-refractivity contribution is -0.140. The third-order valence-electron chi connectivity index (χ3n) is 2.67. The van der Waals surface area contributed by atoms with E-state index in [-0.39, 0.29) is 24.1 Å². The predicted molar refractivity (Wildman–Crippen MR) is 73.9 cm³/mol. The Balaban J connectivity index is 2.66. The average molecular weight is 332 g/mol. The number of hydrogen-bond acceptors (Lipinski definition) is 4. The molecule has 0 saturated heterocycles. The van der Waals surface area contributed by atoms with Gasteiger partial charge in [-0.25, -0.2) is 0 Å². The minimum absolute atomic E-state index is 0.188. The van der Waals surface area contributed by atoms with Crippen molar-refractivity contribution in [2.75, 3.05) is 20.2 Å². The molecule has 0 unspecified atom stereocenters. The predicted octanol–water partition coefficient (Wildman–Crippen LogP) is 2.85. The van der Waals surface area contributed by atoms with Gasteiger partial charge in [0, 0.05) is 13.1 Å². The Bertz CT molecular complexity index is 430. The summed E-state index contributed by atoms with van der Waals surface area (Å²) in [6.45, 7) is 2.99. The van der Waals surface area contributed by atoms with Gasteiger partial charge in [0.2, 0.25) is 0 Å². The molecule has 1 rings (SSSR count). The van der Waals surface area contributed by atoms with Gasteiger partial charge < -0.3 is 14.1 Å². The second-order valence-corrected chi connectivity index (χ2v) is 4.86. The van der Waals surface area contributed by atoms with Crippen molar-refractivity contribution in [2.24, 2.45) is 0 Å². The largest absolute Gasteiger partial charge is 0.469 e. The third kappa shape index (κ3) is 5.06. The topological polar surface area (TPSA) is 59.8 Å². The van der Waals surface area contributed by atoms with Crippen LogP contribution in [0.1, 0.15) is 36.7 Å². The molecule has 1 amide bonds. The van der Waals surface area contributed by atoms with Gasteiger partial charge in [-0.1, -0.05) is 13.3 Å². The van der Waals surface area contributed by atoms with Crippen LogP contribution >= 0.6 is 15.9 Å². The highest BCUT2D eigenvalue weighted by molar-refractivity contribution is 9.10. The summed E-state index contributed by atoms with van der Waals surface area (Å²) in [6, 6.07) is 3.29. The van der Waals surface area contributed by atoms with Gasteiger partial charge in [-0.2, -0.15) is 0 Å². The van der Waals surface area contributed by atoms with E-state index >= 15 is 0 Å². The van der Waals surface area contributed by atoms with Crippen molar-refractivity contribution in [3.8, 4) is 0 Å². The molecule has 0 aliphatic heterocycles. The average Bonchev–Trinajstić information content (AvgIpc) is 2.84. The summed E-state index contributed by atoms with van der Waals surface area (Å²) in [5, 5.41) is 0. The first-order chi connectivity index (χ1) is 9.08. The number of carbonyl (C=O) groups is 2. The third-order valence-corrected chi connectivity index (χ3v) is 3.09. The summed E-state index contributed by atoms with van der Waals surface area (Å²) in [6.07, 6.45) is 2.05. The number of amides is 1. The zero-order valence-electron chi connectivity index (χ0n) is 11.1. The molecule has 1 aromatic rings. The number of furan rings is 1. The van der Waals surface area contributed by atoms with E-state index in [0.717, 1.165) is 12.8 Å². The van der Waals surface area contributed by atoms with Crippen LogP contribution in [0.25, 0.3) is 0 Å². The second-order valence-electron chi connectivity index (χ2n) is 4.08. The normalized spacial score (nSPS) is 10.3. The van der Waals surface area contributed by atoms with E-state index in [1.54, 1.807) is 17.0 Å². The molecule has 0 N–H and O–H groups in total. The second kappa shape index (κ2) is 7.99. The van der Waals surface area contributed by atoms with Crippen LogP contribution in [0.2, 0.25) is 0 Å². The van der Waals surface area contributed by atoms with E-state index in [2.05, 4.69) is 20.7 Å². The first-order valence-electron chi connectivity index (χ1n) is 6.20. The number of carbonyl (C=O) groups excluding carboxylic acids is 2. The smallest absolute Gasteiger partial charge is 0.307 e. The lowest BCUT2D eigenvalue weighted by Gasteiger charge is -2.20. The molecule has 0 spiro atoms. The van der Waals surface area contributed by atoms with Gasteiger partial charge in [-0.3, -0.25) is 9.59 Å². The zero-order chi connectivity index (χ0) is 14.3. The lowest BCUT2D eigenvalue weighted by atomic mass is 10.2. The Kier molecular flexibility index (Phi) is 6.62. The Hall–Kier alpha value is -1.30. The summed E-state index contributed by atoms with van der Waals surface area (Å²) in [7, 11) is 1.34. The Morgan fingerprint density at radius 3 is 2.63 bits per heavy atom. The molecule has 0 fully saturated rings. The SMILES string of the molecule is CCCCN(CCC(=O)OC)C(=O)c1ccc(Br)o1. The number of rotatable bonds is 7. The van der Waals surface area contributed by atoms with E-state index < -0.39 is 0 Å². The lowest BCUT2D eigenvalue weighted by Crippen LogP contribution is -2.33. The molecule has 106 valence electrons. The number of unbranched alkanes of at least 4 members (excludes halogenated alkanes) is 1. The van der Waals surface area contributed by atoms with E-state index in [1.165, 1.54) is 7.11 Å². The summed E-state index contributed by atoms with van der Waals surface area (Å²) in [4.78, 5) is 25.0. The molecule has 0 aliphatic carbocycles. The number of nitrogens with zero attached hydrogens (tertiary/aromatic N) is 1. The van der Waals surface area contributed by atoms with Crippen molar-refractivity contribution >= 4 is 27.8 Å². The van der Waals surface area contributed by atoms with E-state index in [9.17, 15) is 9.59 Å². The summed E-state index contributed by atoms with van der Waals surface area (Å²) >= 11 is 3.16. The highest BCUT2D eigenvalue weighted by Gasteiger charge is 2.19. The number of methoxy groups -OCH3 is 1. The Morgan fingerprint density at radius 2 is 2.11 bits per heavy atom. The minimum Gasteiger partial charge on any atom is -0.469 e. The van der Waals surface area contributed by atoms with Gasteiger partial charge in [-0.15, -0.1) is 0 Å². The van der Waals surface area contributed by atoms with E-state index in [1.807, 2.05) is 6.92 Å². The van der Waals surface area contributed by atoms with Gasteiger partial charge in [0.15, 0.2) is 10.4 Å². The number of hydrogen-bond donors (Lipinski definition) is 0. The molecule has 0 aliphatic rings. The van der Waals surface area contributed by atoms with E-state index in [4.69, 9.17) is 4.42 Å². The molecule has 0 saturated carbocycles. The van der Waals surface area contributed by atoms with Crippen molar-refractivity contribution < 1.29 is 18.7 Å². The van der Waals surface area contributed by atoms with Crippen LogP contribution in [-0.2, 0) is 9.53 Å². The maximum Gasteiger partial charge on any atom is 0.307 e. The van der Waals surface area contributed by atoms with Crippen LogP contribution in [0, 0.1) is 0 Å². The fourth-order valence-corrected chi connectivity index (χ4v) is 1.88. The standard InChI is InChI=1S/C13H18BrNO4/c1-3-4-8-15(9-7-12(16)18-2)13(17)10-5-6-11(14)19-10/h5-6H,3-4,7-9H2,1-2H3. The van der Waals surface area contributed by atoms with Crippen LogP contribution < -0.4 is 0 Å². The highest BCUT2D eigenvalue weighted by atomic mass is 79.9. The van der Waals surface area contributed by atoms with Crippen LogP contribution in [-0.4, -0.2) is 37.0 Å². The first kappa shape index (κ1) is 15.8. The molecular formula is C13H18BrNO4. The molecule has 0 bridgehead atoms. The van der Waals surface area contributed by atoms with Crippen molar-refractivity contribution in [3.05, 3.63) is 22.6 Å². The van der Waals surface area contributed by atoms with Crippen molar-refractivity contribution in [3.63, 3.8) is 0 Å². The van der Waals surface area contributed by atoms with Crippen molar-refractivity contribution in [2.45, 2.75) is 26.2 Å². The first-order valence-corrected chi connectivity index (χ1v) is 6.99. The molecule has 1 heterocycles. The number of ether oxygens (including phenoxy) is 1. The van der Waals surface area contributed by atoms with Gasteiger partial charge in [0.1, 0.15) is 0 Å². The monoisotopic (exact) mass is 331 g/mol. The fourth-order valence-electron chi connectivity index (χ4n) is 1.58.